The fourth-order valence-electron chi connectivity index (χ4n) is 2.24. The van der Waals surface area contributed by atoms with Crippen molar-refractivity contribution in [1.82, 2.24) is 4.98 Å². The molecule has 0 saturated carbocycles. The minimum atomic E-state index is 1.05. The van der Waals surface area contributed by atoms with E-state index in [4.69, 9.17) is 4.98 Å². The number of nitrogens with zero attached hydrogens (tertiary/aromatic N) is 2. The Balaban J connectivity index is 2.05. The third kappa shape index (κ3) is 1.85. The number of para-hydroxylation sites is 2. The minimum absolute atomic E-state index is 1.05. The highest BCUT2D eigenvalue weighted by Gasteiger charge is 2.23. The molecule has 0 spiro atoms. The number of thiazole rings is 2. The van der Waals surface area contributed by atoms with Crippen LogP contribution in [0.15, 0.2) is 52.9 Å². The van der Waals surface area contributed by atoms with Crippen LogP contribution in [-0.2, 0) is 0 Å². The summed E-state index contributed by atoms with van der Waals surface area (Å²) in [6, 6.07) is 16.8. The van der Waals surface area contributed by atoms with Crippen LogP contribution in [0.1, 0.15) is 0 Å². The lowest BCUT2D eigenvalue weighted by molar-refractivity contribution is -0.601. The van der Waals surface area contributed by atoms with Gasteiger partial charge in [-0.05, 0) is 46.8 Å². The Morgan fingerprint density at radius 2 is 1.70 bits per heavy atom. The predicted octanol–water partition coefficient (Wildman–Crippen LogP) is 4.51. The maximum absolute atomic E-state index is 4.79. The van der Waals surface area contributed by atoms with Crippen molar-refractivity contribution in [3.63, 3.8) is 0 Å². The molecule has 2 aromatic heterocycles. The van der Waals surface area contributed by atoms with E-state index >= 15 is 0 Å². The van der Waals surface area contributed by atoms with Crippen molar-refractivity contribution >= 4 is 54.9 Å². The molecule has 2 heterocycles. The zero-order valence-corrected chi connectivity index (χ0v) is 13.2. The minimum Gasteiger partial charge on any atom is -0.163 e. The molecule has 0 bridgehead atoms. The molecule has 5 heteroatoms. The summed E-state index contributed by atoms with van der Waals surface area (Å²) in [4.78, 5) is 4.79. The van der Waals surface area contributed by atoms with Gasteiger partial charge in [-0.25, -0.2) is 0 Å². The van der Waals surface area contributed by atoms with Crippen molar-refractivity contribution in [2.75, 3.05) is 6.26 Å². The van der Waals surface area contributed by atoms with E-state index < -0.39 is 0 Å². The van der Waals surface area contributed by atoms with Gasteiger partial charge in [-0.2, -0.15) is 4.57 Å². The van der Waals surface area contributed by atoms with Crippen LogP contribution in [0.4, 0.5) is 0 Å². The van der Waals surface area contributed by atoms with Crippen LogP contribution >= 0.6 is 34.4 Å². The molecule has 0 fully saturated rings. The summed E-state index contributed by atoms with van der Waals surface area (Å²) in [6.07, 6.45) is 2.12. The SMILES string of the molecule is CSc1sc2ccccc2[n+]1-c1nc2ccccc2s1. The van der Waals surface area contributed by atoms with Crippen LogP contribution in [0.2, 0.25) is 0 Å². The third-order valence-corrected chi connectivity index (χ3v) is 6.36. The summed E-state index contributed by atoms with van der Waals surface area (Å²) in [6.45, 7) is 0. The van der Waals surface area contributed by atoms with E-state index in [9.17, 15) is 0 Å². The summed E-state index contributed by atoms with van der Waals surface area (Å²) in [5.41, 5.74) is 2.31. The second-order valence-electron chi connectivity index (χ2n) is 4.34. The Bertz CT molecular complexity index is 875. The van der Waals surface area contributed by atoms with Gasteiger partial charge in [-0.15, -0.1) is 0 Å². The topological polar surface area (TPSA) is 16.8 Å². The van der Waals surface area contributed by atoms with E-state index in [0.717, 1.165) is 10.6 Å². The maximum atomic E-state index is 4.79. The highest BCUT2D eigenvalue weighted by Crippen LogP contribution is 2.30. The number of fused-ring (bicyclic) bond motifs is 2. The lowest BCUT2D eigenvalue weighted by Gasteiger charge is -1.93. The standard InChI is InChI=1S/C15H11N2S3/c1-18-15-17(11-7-3-5-9-13(11)20-15)14-16-10-6-2-4-8-12(10)19-14/h2-9H,1H3/q+1. The lowest BCUT2D eigenvalue weighted by atomic mass is 10.3. The second kappa shape index (κ2) is 4.84. The summed E-state index contributed by atoms with van der Waals surface area (Å²) in [5.74, 6) is 0. The molecule has 20 heavy (non-hydrogen) atoms. The molecule has 0 N–H and O–H groups in total. The van der Waals surface area contributed by atoms with Crippen LogP contribution in [0.5, 0.6) is 0 Å². The van der Waals surface area contributed by atoms with Crippen molar-refractivity contribution in [3.05, 3.63) is 48.5 Å². The highest BCUT2D eigenvalue weighted by atomic mass is 32.2. The van der Waals surface area contributed by atoms with Crippen LogP contribution < -0.4 is 4.57 Å². The molecule has 4 aromatic rings. The zero-order valence-electron chi connectivity index (χ0n) is 10.7. The van der Waals surface area contributed by atoms with Gasteiger partial charge >= 0.3 is 5.13 Å². The summed E-state index contributed by atoms with van der Waals surface area (Å²) in [7, 11) is 0. The Kier molecular flexibility index (Phi) is 2.98. The average molecular weight is 315 g/mol. The van der Waals surface area contributed by atoms with Crippen molar-refractivity contribution in [2.45, 2.75) is 4.34 Å². The number of hydrogen-bond donors (Lipinski definition) is 0. The summed E-state index contributed by atoms with van der Waals surface area (Å²) >= 11 is 5.34. The summed E-state index contributed by atoms with van der Waals surface area (Å²) in [5, 5.41) is 1.05. The fraction of sp³-hybridized carbons (Fsp3) is 0.0667. The quantitative estimate of drug-likeness (QED) is 0.400. The first-order valence-electron chi connectivity index (χ1n) is 6.20. The van der Waals surface area contributed by atoms with Gasteiger partial charge in [0.1, 0.15) is 0 Å². The maximum Gasteiger partial charge on any atom is 0.390 e. The molecule has 0 radical (unpaired) electrons. The lowest BCUT2D eigenvalue weighted by Crippen LogP contribution is -2.30. The van der Waals surface area contributed by atoms with Gasteiger partial charge in [-0.3, -0.25) is 0 Å². The normalized spacial score (nSPS) is 11.4. The van der Waals surface area contributed by atoms with Crippen LogP contribution in [-0.4, -0.2) is 11.2 Å². The van der Waals surface area contributed by atoms with Crippen molar-refractivity contribution < 1.29 is 4.57 Å². The number of rotatable bonds is 2. The zero-order chi connectivity index (χ0) is 13.5. The Labute approximate surface area is 128 Å². The van der Waals surface area contributed by atoms with Crippen molar-refractivity contribution in [3.8, 4) is 5.13 Å². The van der Waals surface area contributed by atoms with Gasteiger partial charge in [0.15, 0.2) is 11.0 Å². The fourth-order valence-corrected chi connectivity index (χ4v) is 5.18. The van der Waals surface area contributed by atoms with Gasteiger partial charge in [0, 0.05) is 0 Å². The van der Waals surface area contributed by atoms with Gasteiger partial charge in [0.05, 0.1) is 9.40 Å². The second-order valence-corrected chi connectivity index (χ2v) is 7.43. The molecule has 0 aliphatic rings. The Morgan fingerprint density at radius 3 is 2.50 bits per heavy atom. The Hall–Kier alpha value is -1.43. The molecule has 0 aliphatic heterocycles. The van der Waals surface area contributed by atoms with Crippen LogP contribution in [0.3, 0.4) is 0 Å². The van der Waals surface area contributed by atoms with Crippen molar-refractivity contribution in [1.29, 1.82) is 0 Å². The highest BCUT2D eigenvalue weighted by molar-refractivity contribution is 8.00. The molecule has 0 amide bonds. The number of hydrogen-bond acceptors (Lipinski definition) is 4. The first-order chi connectivity index (χ1) is 9.86. The first kappa shape index (κ1) is 12.3. The van der Waals surface area contributed by atoms with E-state index in [1.165, 1.54) is 19.3 Å². The van der Waals surface area contributed by atoms with E-state index in [0.29, 0.717) is 0 Å². The molecular formula is C15H11N2S3+. The third-order valence-electron chi connectivity index (χ3n) is 3.13. The molecule has 0 unspecified atom stereocenters. The molecule has 98 valence electrons. The van der Waals surface area contributed by atoms with E-state index in [1.807, 2.05) is 17.4 Å². The van der Waals surface area contributed by atoms with Gasteiger partial charge < -0.3 is 0 Å². The molecule has 0 saturated heterocycles. The van der Waals surface area contributed by atoms with E-state index in [-0.39, 0.29) is 0 Å². The number of thioether (sulfide) groups is 1. The number of benzene rings is 2. The average Bonchev–Trinajstić information content (AvgIpc) is 3.07. The van der Waals surface area contributed by atoms with Crippen LogP contribution in [0, 0.1) is 0 Å². The molecule has 0 atom stereocenters. The van der Waals surface area contributed by atoms with E-state index in [2.05, 4.69) is 53.3 Å². The van der Waals surface area contributed by atoms with Gasteiger partial charge in [0.2, 0.25) is 4.34 Å². The monoisotopic (exact) mass is 315 g/mol. The largest absolute Gasteiger partial charge is 0.390 e. The molecule has 2 aromatic carbocycles. The molecule has 4 rings (SSSR count). The Morgan fingerprint density at radius 1 is 0.950 bits per heavy atom. The van der Waals surface area contributed by atoms with E-state index in [1.54, 1.807) is 23.1 Å². The smallest absolute Gasteiger partial charge is 0.163 e. The van der Waals surface area contributed by atoms with Crippen LogP contribution in [0.25, 0.3) is 25.6 Å². The molecular weight excluding hydrogens is 304 g/mol. The predicted molar refractivity (Wildman–Crippen MR) is 88.3 cm³/mol. The summed E-state index contributed by atoms with van der Waals surface area (Å²) < 4.78 is 6.08. The van der Waals surface area contributed by atoms with Crippen molar-refractivity contribution in [2.24, 2.45) is 0 Å². The number of aromatic nitrogens is 2. The molecule has 2 nitrogen and oxygen atoms in total. The van der Waals surface area contributed by atoms with Gasteiger partial charge in [-0.1, -0.05) is 47.4 Å². The van der Waals surface area contributed by atoms with Gasteiger partial charge in [0.25, 0.3) is 0 Å². The molecule has 0 aliphatic carbocycles. The first-order valence-corrected chi connectivity index (χ1v) is 9.06.